The molecule has 0 saturated carbocycles. The number of nitrogens with one attached hydrogen (secondary N) is 2. The van der Waals surface area contributed by atoms with Crippen molar-refractivity contribution >= 4 is 44.8 Å². The third-order valence-electron chi connectivity index (χ3n) is 5.63. The minimum Gasteiger partial charge on any atom is -0.324 e. The van der Waals surface area contributed by atoms with E-state index in [2.05, 4.69) is 10.6 Å². The quantitative estimate of drug-likeness (QED) is 0.516. The van der Waals surface area contributed by atoms with Crippen LogP contribution in [0.1, 0.15) is 28.8 Å². The fourth-order valence-corrected chi connectivity index (χ4v) is 5.74. The zero-order valence-corrected chi connectivity index (χ0v) is 20.1. The van der Waals surface area contributed by atoms with E-state index in [9.17, 15) is 18.0 Å². The molecular formula is C25H24ClN3O4S. The highest BCUT2D eigenvalue weighted by molar-refractivity contribution is 7.89. The van der Waals surface area contributed by atoms with Crippen LogP contribution in [0, 0.1) is 6.92 Å². The predicted molar refractivity (Wildman–Crippen MR) is 133 cm³/mol. The number of hydrogen-bond donors (Lipinski definition) is 2. The van der Waals surface area contributed by atoms with Crippen molar-refractivity contribution in [3.63, 3.8) is 0 Å². The van der Waals surface area contributed by atoms with Gasteiger partial charge < -0.3 is 10.6 Å². The topological polar surface area (TPSA) is 95.6 Å². The standard InChI is InChI=1S/C25H24ClN3O4S/c1-17-6-4-7-19(16-17)27-24(30)21-8-2-3-9-22(21)28-25(31)23-10-5-15-29(23)34(32,33)20-13-11-18(26)12-14-20/h2-4,6-9,11-14,16,23H,5,10,15H2,1H3,(H,27,30)(H,28,31)/t23-/m1/s1. The molecule has 1 heterocycles. The summed E-state index contributed by atoms with van der Waals surface area (Å²) in [6.45, 7) is 2.16. The van der Waals surface area contributed by atoms with Gasteiger partial charge in [0.15, 0.2) is 0 Å². The van der Waals surface area contributed by atoms with Gasteiger partial charge in [-0.25, -0.2) is 8.42 Å². The van der Waals surface area contributed by atoms with E-state index in [-0.39, 0.29) is 22.9 Å². The van der Waals surface area contributed by atoms with E-state index in [4.69, 9.17) is 11.6 Å². The lowest BCUT2D eigenvalue weighted by Crippen LogP contribution is -2.43. The minimum absolute atomic E-state index is 0.0783. The van der Waals surface area contributed by atoms with Crippen molar-refractivity contribution in [1.29, 1.82) is 0 Å². The van der Waals surface area contributed by atoms with E-state index in [0.717, 1.165) is 5.56 Å². The first-order chi connectivity index (χ1) is 16.3. The van der Waals surface area contributed by atoms with Gasteiger partial charge in [0.1, 0.15) is 6.04 Å². The zero-order valence-electron chi connectivity index (χ0n) is 18.5. The molecule has 0 aliphatic carbocycles. The monoisotopic (exact) mass is 497 g/mol. The van der Waals surface area contributed by atoms with E-state index >= 15 is 0 Å². The number of benzene rings is 3. The summed E-state index contributed by atoms with van der Waals surface area (Å²) >= 11 is 5.88. The van der Waals surface area contributed by atoms with E-state index in [1.165, 1.54) is 28.6 Å². The van der Waals surface area contributed by atoms with Crippen LogP contribution >= 0.6 is 11.6 Å². The number of carbonyl (C=O) groups is 2. The van der Waals surface area contributed by atoms with Gasteiger partial charge in [-0.15, -0.1) is 0 Å². The lowest BCUT2D eigenvalue weighted by molar-refractivity contribution is -0.119. The predicted octanol–water partition coefficient (Wildman–Crippen LogP) is 4.69. The maximum absolute atomic E-state index is 13.2. The van der Waals surface area contributed by atoms with Gasteiger partial charge in [0, 0.05) is 17.3 Å². The summed E-state index contributed by atoms with van der Waals surface area (Å²) < 4.78 is 27.5. The average Bonchev–Trinajstić information content (AvgIpc) is 3.31. The molecule has 3 aromatic rings. The van der Waals surface area contributed by atoms with Crippen LogP contribution in [0.3, 0.4) is 0 Å². The molecule has 0 radical (unpaired) electrons. The Hall–Kier alpha value is -3.20. The molecule has 1 saturated heterocycles. The molecule has 0 aromatic heterocycles. The van der Waals surface area contributed by atoms with Crippen molar-refractivity contribution in [3.05, 3.63) is 88.9 Å². The fraction of sp³-hybridized carbons (Fsp3) is 0.200. The maximum atomic E-state index is 13.2. The van der Waals surface area contributed by atoms with E-state index < -0.39 is 22.0 Å². The summed E-state index contributed by atoms with van der Waals surface area (Å²) in [4.78, 5) is 26.1. The highest BCUT2D eigenvalue weighted by Crippen LogP contribution is 2.28. The van der Waals surface area contributed by atoms with Crippen LogP contribution in [0.25, 0.3) is 0 Å². The Morgan fingerprint density at radius 3 is 2.44 bits per heavy atom. The second-order valence-electron chi connectivity index (χ2n) is 8.09. The van der Waals surface area contributed by atoms with Gasteiger partial charge in [0.2, 0.25) is 15.9 Å². The molecule has 1 fully saturated rings. The smallest absolute Gasteiger partial charge is 0.257 e. The Kier molecular flexibility index (Phi) is 7.02. The van der Waals surface area contributed by atoms with Crippen LogP contribution in [0.15, 0.2) is 77.7 Å². The highest BCUT2D eigenvalue weighted by Gasteiger charge is 2.39. The Bertz CT molecular complexity index is 1330. The lowest BCUT2D eigenvalue weighted by atomic mass is 10.1. The summed E-state index contributed by atoms with van der Waals surface area (Å²) in [5.41, 5.74) is 2.24. The van der Waals surface area contributed by atoms with Crippen LogP contribution < -0.4 is 10.6 Å². The third-order valence-corrected chi connectivity index (χ3v) is 7.81. The largest absolute Gasteiger partial charge is 0.324 e. The van der Waals surface area contributed by atoms with Crippen molar-refractivity contribution in [2.45, 2.75) is 30.7 Å². The lowest BCUT2D eigenvalue weighted by Gasteiger charge is -2.24. The molecule has 34 heavy (non-hydrogen) atoms. The van der Waals surface area contributed by atoms with E-state index in [1.807, 2.05) is 25.1 Å². The number of anilines is 2. The summed E-state index contributed by atoms with van der Waals surface area (Å²) in [7, 11) is -3.88. The summed E-state index contributed by atoms with van der Waals surface area (Å²) in [6, 6.07) is 19.0. The maximum Gasteiger partial charge on any atom is 0.257 e. The number of nitrogens with zero attached hydrogens (tertiary/aromatic N) is 1. The molecular weight excluding hydrogens is 474 g/mol. The van der Waals surface area contributed by atoms with Gasteiger partial charge >= 0.3 is 0 Å². The molecule has 176 valence electrons. The second kappa shape index (κ2) is 9.97. The number of para-hydroxylation sites is 1. The van der Waals surface area contributed by atoms with Gasteiger partial charge in [0.25, 0.3) is 5.91 Å². The van der Waals surface area contributed by atoms with Gasteiger partial charge in [-0.1, -0.05) is 35.9 Å². The first kappa shape index (κ1) is 23.9. The van der Waals surface area contributed by atoms with Crippen LogP contribution in [-0.2, 0) is 14.8 Å². The Morgan fingerprint density at radius 2 is 1.71 bits per heavy atom. The number of rotatable bonds is 6. The molecule has 3 aromatic carbocycles. The molecule has 1 atom stereocenters. The SMILES string of the molecule is Cc1cccc(NC(=O)c2ccccc2NC(=O)[C@H]2CCCN2S(=O)(=O)c2ccc(Cl)cc2)c1. The zero-order chi connectivity index (χ0) is 24.3. The first-order valence-corrected chi connectivity index (χ1v) is 12.6. The third kappa shape index (κ3) is 5.14. The van der Waals surface area contributed by atoms with Crippen LogP contribution in [-0.4, -0.2) is 37.1 Å². The van der Waals surface area contributed by atoms with Crippen molar-refractivity contribution < 1.29 is 18.0 Å². The summed E-state index contributed by atoms with van der Waals surface area (Å²) in [6.07, 6.45) is 0.941. The number of hydrogen-bond acceptors (Lipinski definition) is 4. The molecule has 1 aliphatic rings. The number of amides is 2. The van der Waals surface area contributed by atoms with Gasteiger partial charge in [-0.2, -0.15) is 4.31 Å². The van der Waals surface area contributed by atoms with Crippen molar-refractivity contribution in [3.8, 4) is 0 Å². The molecule has 7 nitrogen and oxygen atoms in total. The number of halogens is 1. The van der Waals surface area contributed by atoms with Crippen molar-refractivity contribution in [2.24, 2.45) is 0 Å². The van der Waals surface area contributed by atoms with Crippen molar-refractivity contribution in [1.82, 2.24) is 4.31 Å². The van der Waals surface area contributed by atoms with E-state index in [1.54, 1.807) is 30.3 Å². The molecule has 9 heteroatoms. The van der Waals surface area contributed by atoms with Crippen LogP contribution in [0.4, 0.5) is 11.4 Å². The average molecular weight is 498 g/mol. The Labute approximate surface area is 203 Å². The molecule has 4 rings (SSSR count). The number of sulfonamides is 1. The molecule has 2 amide bonds. The molecule has 2 N–H and O–H groups in total. The van der Waals surface area contributed by atoms with Gasteiger partial charge in [0.05, 0.1) is 16.1 Å². The fourth-order valence-electron chi connectivity index (χ4n) is 3.96. The van der Waals surface area contributed by atoms with E-state index in [0.29, 0.717) is 29.2 Å². The molecule has 1 aliphatic heterocycles. The highest BCUT2D eigenvalue weighted by atomic mass is 35.5. The van der Waals surface area contributed by atoms with Crippen LogP contribution in [0.2, 0.25) is 5.02 Å². The number of carbonyl (C=O) groups excluding carboxylic acids is 2. The van der Waals surface area contributed by atoms with Gasteiger partial charge in [-0.3, -0.25) is 9.59 Å². The molecule has 0 unspecified atom stereocenters. The summed E-state index contributed by atoms with van der Waals surface area (Å²) in [5, 5.41) is 6.03. The second-order valence-corrected chi connectivity index (χ2v) is 10.4. The Morgan fingerprint density at radius 1 is 0.971 bits per heavy atom. The first-order valence-electron chi connectivity index (χ1n) is 10.8. The molecule has 0 spiro atoms. The van der Waals surface area contributed by atoms with Crippen LogP contribution in [0.5, 0.6) is 0 Å². The van der Waals surface area contributed by atoms with Crippen molar-refractivity contribution in [2.75, 3.05) is 17.2 Å². The minimum atomic E-state index is -3.88. The molecule has 0 bridgehead atoms. The number of aryl methyl sites for hydroxylation is 1. The summed E-state index contributed by atoms with van der Waals surface area (Å²) in [5.74, 6) is -0.857. The Balaban J connectivity index is 1.53. The van der Waals surface area contributed by atoms with Gasteiger partial charge in [-0.05, 0) is 73.9 Å². The normalized spacial score (nSPS) is 16.2.